The summed E-state index contributed by atoms with van der Waals surface area (Å²) in [6.45, 7) is 0. The van der Waals surface area contributed by atoms with Gasteiger partial charge in [-0.25, -0.2) is 4.79 Å². The van der Waals surface area contributed by atoms with Gasteiger partial charge in [0.05, 0.1) is 39.8 Å². The standard InChI is InChI=1S/C28H26N2O6/c1-33-22-11-9-19(10-12-22)23-17-29-28(32)30(23)21-7-5-6-20(16-21)24(31)13-8-18-14-25(34-2)27(36-4)26(15-18)35-3/h5-17H,1-4H3,(H,29,32). The van der Waals surface area contributed by atoms with Crippen molar-refractivity contribution in [3.8, 4) is 39.9 Å². The van der Waals surface area contributed by atoms with Crippen molar-refractivity contribution in [3.63, 3.8) is 0 Å². The highest BCUT2D eigenvalue weighted by atomic mass is 16.5. The molecule has 0 aliphatic carbocycles. The summed E-state index contributed by atoms with van der Waals surface area (Å²) in [5.41, 5.74) is 2.90. The summed E-state index contributed by atoms with van der Waals surface area (Å²) in [5.74, 6) is 1.95. The molecule has 0 fully saturated rings. The molecule has 8 nitrogen and oxygen atoms in total. The van der Waals surface area contributed by atoms with Crippen molar-refractivity contribution in [1.82, 2.24) is 9.55 Å². The summed E-state index contributed by atoms with van der Waals surface area (Å²) in [6, 6.07) is 17.8. The molecule has 0 bridgehead atoms. The Balaban J connectivity index is 1.65. The fourth-order valence-electron chi connectivity index (χ4n) is 3.86. The van der Waals surface area contributed by atoms with Crippen molar-refractivity contribution in [3.05, 3.63) is 94.5 Å². The number of benzene rings is 3. The van der Waals surface area contributed by atoms with Gasteiger partial charge in [-0.2, -0.15) is 0 Å². The molecule has 8 heteroatoms. The maximum absolute atomic E-state index is 13.0. The van der Waals surface area contributed by atoms with Crippen LogP contribution in [0.2, 0.25) is 0 Å². The zero-order valence-corrected chi connectivity index (χ0v) is 20.4. The van der Waals surface area contributed by atoms with Crippen LogP contribution < -0.4 is 24.6 Å². The Morgan fingerprint density at radius 3 is 2.17 bits per heavy atom. The number of methoxy groups -OCH3 is 4. The maximum Gasteiger partial charge on any atom is 0.330 e. The van der Waals surface area contributed by atoms with E-state index in [9.17, 15) is 9.59 Å². The molecule has 1 aromatic heterocycles. The minimum absolute atomic E-state index is 0.222. The van der Waals surface area contributed by atoms with Crippen LogP contribution in [0.3, 0.4) is 0 Å². The summed E-state index contributed by atoms with van der Waals surface area (Å²) in [6.07, 6.45) is 4.78. The van der Waals surface area contributed by atoms with Crippen molar-refractivity contribution in [1.29, 1.82) is 0 Å². The number of rotatable bonds is 9. The minimum Gasteiger partial charge on any atom is -0.497 e. The van der Waals surface area contributed by atoms with E-state index in [1.165, 1.54) is 32.0 Å². The highest BCUT2D eigenvalue weighted by Gasteiger charge is 2.14. The number of allylic oxidation sites excluding steroid dienone is 1. The first-order chi connectivity index (χ1) is 17.5. The van der Waals surface area contributed by atoms with Crippen molar-refractivity contribution in [2.75, 3.05) is 28.4 Å². The number of hydrogen-bond acceptors (Lipinski definition) is 6. The van der Waals surface area contributed by atoms with Gasteiger partial charge < -0.3 is 23.9 Å². The molecule has 184 valence electrons. The number of H-pyrrole nitrogens is 1. The zero-order chi connectivity index (χ0) is 25.7. The molecule has 0 aliphatic heterocycles. The summed E-state index contributed by atoms with van der Waals surface area (Å²) >= 11 is 0. The second-order valence-electron chi connectivity index (χ2n) is 7.75. The number of ether oxygens (including phenoxy) is 4. The van der Waals surface area contributed by atoms with Gasteiger partial charge in [-0.1, -0.05) is 18.2 Å². The molecule has 3 aromatic carbocycles. The summed E-state index contributed by atoms with van der Waals surface area (Å²) in [4.78, 5) is 28.4. The molecule has 0 unspecified atom stereocenters. The average molecular weight is 487 g/mol. The summed E-state index contributed by atoms with van der Waals surface area (Å²) < 4.78 is 22.8. The van der Waals surface area contributed by atoms with Gasteiger partial charge in [0.1, 0.15) is 5.75 Å². The van der Waals surface area contributed by atoms with Crippen molar-refractivity contribution in [2.45, 2.75) is 0 Å². The Labute approximate surface area is 208 Å². The van der Waals surface area contributed by atoms with Crippen LogP contribution in [0.15, 0.2) is 77.7 Å². The first-order valence-electron chi connectivity index (χ1n) is 11.1. The average Bonchev–Trinajstić information content (AvgIpc) is 3.32. The molecule has 36 heavy (non-hydrogen) atoms. The second-order valence-corrected chi connectivity index (χ2v) is 7.75. The van der Waals surface area contributed by atoms with Crippen LogP contribution >= 0.6 is 0 Å². The van der Waals surface area contributed by atoms with E-state index in [2.05, 4.69) is 4.98 Å². The van der Waals surface area contributed by atoms with Gasteiger partial charge in [-0.3, -0.25) is 9.36 Å². The molecule has 1 heterocycles. The molecule has 0 saturated carbocycles. The molecule has 1 N–H and O–H groups in total. The molecular weight excluding hydrogens is 460 g/mol. The summed E-state index contributed by atoms with van der Waals surface area (Å²) in [7, 11) is 6.19. The van der Waals surface area contributed by atoms with Gasteiger partial charge >= 0.3 is 5.69 Å². The number of carbonyl (C=O) groups excluding carboxylic acids is 1. The van der Waals surface area contributed by atoms with E-state index in [0.29, 0.717) is 39.8 Å². The number of ketones is 1. The van der Waals surface area contributed by atoms with E-state index in [-0.39, 0.29) is 11.5 Å². The SMILES string of the molecule is COc1ccc(-c2c[nH]c(=O)n2-c2cccc(C(=O)C=Cc3cc(OC)c(OC)c(OC)c3)c2)cc1. The molecule has 0 spiro atoms. The number of imidazole rings is 1. The molecule has 4 aromatic rings. The monoisotopic (exact) mass is 486 g/mol. The van der Waals surface area contributed by atoms with E-state index in [4.69, 9.17) is 18.9 Å². The van der Waals surface area contributed by atoms with E-state index >= 15 is 0 Å². The third kappa shape index (κ3) is 4.88. The third-order valence-electron chi connectivity index (χ3n) is 5.67. The van der Waals surface area contributed by atoms with Gasteiger partial charge in [-0.15, -0.1) is 0 Å². The molecule has 0 radical (unpaired) electrons. The smallest absolute Gasteiger partial charge is 0.330 e. The highest BCUT2D eigenvalue weighted by Crippen LogP contribution is 2.38. The van der Waals surface area contributed by atoms with Crippen LogP contribution in [0.4, 0.5) is 0 Å². The van der Waals surface area contributed by atoms with Gasteiger partial charge in [0, 0.05) is 17.3 Å². The van der Waals surface area contributed by atoms with Crippen LogP contribution in [0.1, 0.15) is 15.9 Å². The largest absolute Gasteiger partial charge is 0.497 e. The molecule has 0 atom stereocenters. The lowest BCUT2D eigenvalue weighted by Crippen LogP contribution is -2.16. The Morgan fingerprint density at radius 1 is 0.861 bits per heavy atom. The predicted molar refractivity (Wildman–Crippen MR) is 138 cm³/mol. The van der Waals surface area contributed by atoms with E-state index in [1.807, 2.05) is 24.3 Å². The van der Waals surface area contributed by atoms with E-state index in [0.717, 1.165) is 11.3 Å². The van der Waals surface area contributed by atoms with Crippen LogP contribution in [-0.2, 0) is 0 Å². The molecule has 4 rings (SSSR count). The zero-order valence-electron chi connectivity index (χ0n) is 20.4. The predicted octanol–water partition coefficient (Wildman–Crippen LogP) is 4.76. The lowest BCUT2D eigenvalue weighted by Gasteiger charge is -2.12. The number of hydrogen-bond donors (Lipinski definition) is 1. The van der Waals surface area contributed by atoms with Crippen molar-refractivity contribution >= 4 is 11.9 Å². The normalized spacial score (nSPS) is 10.9. The Hall–Kier alpha value is -4.72. The number of nitrogens with one attached hydrogen (secondary N) is 1. The van der Waals surface area contributed by atoms with E-state index < -0.39 is 0 Å². The first kappa shape index (κ1) is 24.4. The van der Waals surface area contributed by atoms with Crippen molar-refractivity contribution in [2.24, 2.45) is 0 Å². The topological polar surface area (TPSA) is 91.8 Å². The lowest BCUT2D eigenvalue weighted by atomic mass is 10.1. The maximum atomic E-state index is 13.0. The third-order valence-corrected chi connectivity index (χ3v) is 5.67. The van der Waals surface area contributed by atoms with Crippen LogP contribution in [-0.4, -0.2) is 43.8 Å². The highest BCUT2D eigenvalue weighted by molar-refractivity contribution is 6.07. The Bertz CT molecular complexity index is 1440. The van der Waals surface area contributed by atoms with Crippen molar-refractivity contribution < 1.29 is 23.7 Å². The second kappa shape index (κ2) is 10.7. The number of aromatic nitrogens is 2. The minimum atomic E-state index is -0.307. The lowest BCUT2D eigenvalue weighted by molar-refractivity contribution is 0.104. The molecule has 0 aliphatic rings. The molecular formula is C28H26N2O6. The first-order valence-corrected chi connectivity index (χ1v) is 11.1. The van der Waals surface area contributed by atoms with Crippen LogP contribution in [0.5, 0.6) is 23.0 Å². The van der Waals surface area contributed by atoms with Crippen LogP contribution in [0.25, 0.3) is 23.0 Å². The number of aromatic amines is 1. The van der Waals surface area contributed by atoms with Gasteiger partial charge in [-0.05, 0) is 60.2 Å². The fourth-order valence-corrected chi connectivity index (χ4v) is 3.86. The number of carbonyl (C=O) groups is 1. The van der Waals surface area contributed by atoms with Crippen LogP contribution in [0, 0.1) is 0 Å². The van der Waals surface area contributed by atoms with Gasteiger partial charge in [0.2, 0.25) is 5.75 Å². The fraction of sp³-hybridized carbons (Fsp3) is 0.143. The van der Waals surface area contributed by atoms with E-state index in [1.54, 1.807) is 55.8 Å². The Kier molecular flexibility index (Phi) is 7.25. The number of nitrogens with zero attached hydrogens (tertiary/aromatic N) is 1. The quantitative estimate of drug-likeness (QED) is 0.271. The summed E-state index contributed by atoms with van der Waals surface area (Å²) in [5, 5.41) is 0. The Morgan fingerprint density at radius 2 is 1.56 bits per heavy atom. The van der Waals surface area contributed by atoms with Gasteiger partial charge in [0.25, 0.3) is 0 Å². The molecule has 0 saturated heterocycles. The van der Waals surface area contributed by atoms with Gasteiger partial charge in [0.15, 0.2) is 17.3 Å². The molecule has 0 amide bonds.